The Hall–Kier alpha value is -2.70. The number of benzene rings is 4. The third-order valence-electron chi connectivity index (χ3n) is 7.53. The third-order valence-corrected chi connectivity index (χ3v) is 14.0. The molecule has 0 amide bonds. The maximum atomic E-state index is 5.73. The molecule has 4 aromatic carbocycles. The third kappa shape index (κ3) is 6.38. The molecule has 0 saturated carbocycles. The molecule has 202 valence electrons. The van der Waals surface area contributed by atoms with E-state index < -0.39 is 16.1 Å². The normalized spacial score (nSPS) is 17.6. The molecular formula is C34H39NO2P2. The van der Waals surface area contributed by atoms with Gasteiger partial charge in [0.05, 0.1) is 14.2 Å². The van der Waals surface area contributed by atoms with Crippen molar-refractivity contribution in [3.05, 3.63) is 120 Å². The fourth-order valence-corrected chi connectivity index (χ4v) is 13.2. The van der Waals surface area contributed by atoms with Crippen LogP contribution in [-0.4, -0.2) is 25.2 Å². The summed E-state index contributed by atoms with van der Waals surface area (Å²) in [6.45, 7) is 3.39. The van der Waals surface area contributed by atoms with Crippen LogP contribution in [0, 0.1) is 0 Å². The molecule has 0 unspecified atom stereocenters. The van der Waals surface area contributed by atoms with E-state index in [4.69, 9.17) is 9.47 Å². The molecule has 0 spiro atoms. The molecule has 0 aromatic heterocycles. The quantitative estimate of drug-likeness (QED) is 0.173. The van der Waals surface area contributed by atoms with Crippen molar-refractivity contribution in [3.8, 4) is 11.5 Å². The van der Waals surface area contributed by atoms with Crippen molar-refractivity contribution >= 4 is 26.8 Å². The maximum Gasteiger partial charge on any atom is 0.119 e. The molecule has 0 aliphatic carbocycles. The molecule has 1 aliphatic rings. The van der Waals surface area contributed by atoms with Gasteiger partial charge < -0.3 is 9.47 Å². The van der Waals surface area contributed by atoms with Gasteiger partial charge in [-0.15, -0.1) is 0 Å². The summed E-state index contributed by atoms with van der Waals surface area (Å²) in [5.74, 6) is 1.83. The minimum absolute atomic E-state index is 0.532. The van der Waals surface area contributed by atoms with E-state index in [2.05, 4.69) is 121 Å². The molecule has 0 bridgehead atoms. The molecule has 3 nitrogen and oxygen atoms in total. The number of unbranched alkanes of at least 4 members (excludes halogenated alkanes) is 1. The van der Waals surface area contributed by atoms with E-state index in [1.165, 1.54) is 47.4 Å². The molecule has 0 N–H and O–H groups in total. The van der Waals surface area contributed by atoms with Crippen molar-refractivity contribution < 1.29 is 9.47 Å². The fraction of sp³-hybridized carbons (Fsp3) is 0.294. The summed E-state index contributed by atoms with van der Waals surface area (Å²) in [5.41, 5.74) is 4.03. The second-order valence-electron chi connectivity index (χ2n) is 9.97. The first-order valence-electron chi connectivity index (χ1n) is 14.0. The standard InChI is InChI=1S/C34H39NO2P2/c1-4-5-24-35(38(31-20-12-18-29(25-31)36-2)32-21-13-19-30(26-32)37-3)39-33(27-14-8-6-9-15-27)22-23-34(39)28-16-10-7-11-17-28/h6-21,25-26,33-34H,4-5,22-24H2,1-3H3/t33-,34-/m0/s1. The van der Waals surface area contributed by atoms with E-state index in [9.17, 15) is 0 Å². The van der Waals surface area contributed by atoms with Crippen LogP contribution < -0.4 is 20.1 Å². The van der Waals surface area contributed by atoms with Crippen LogP contribution in [0.5, 0.6) is 11.5 Å². The highest BCUT2D eigenvalue weighted by molar-refractivity contribution is 7.79. The number of hydrogen-bond donors (Lipinski definition) is 0. The molecule has 2 atom stereocenters. The topological polar surface area (TPSA) is 21.7 Å². The van der Waals surface area contributed by atoms with Gasteiger partial charge in [-0.05, 0) is 73.3 Å². The van der Waals surface area contributed by atoms with Crippen LogP contribution in [0.2, 0.25) is 0 Å². The Kier molecular flexibility index (Phi) is 9.70. The highest BCUT2D eigenvalue weighted by Crippen LogP contribution is 2.76. The largest absolute Gasteiger partial charge is 0.497 e. The average molecular weight is 556 g/mol. The summed E-state index contributed by atoms with van der Waals surface area (Å²) in [5, 5.41) is 2.67. The lowest BCUT2D eigenvalue weighted by molar-refractivity contribution is 0.415. The summed E-state index contributed by atoms with van der Waals surface area (Å²) in [4.78, 5) is 0. The predicted molar refractivity (Wildman–Crippen MR) is 168 cm³/mol. The summed E-state index contributed by atoms with van der Waals surface area (Å²) in [7, 11) is 2.18. The van der Waals surface area contributed by atoms with Crippen molar-refractivity contribution in [1.29, 1.82) is 0 Å². The Morgan fingerprint density at radius 2 is 1.18 bits per heavy atom. The van der Waals surface area contributed by atoms with Crippen LogP contribution in [0.25, 0.3) is 0 Å². The summed E-state index contributed by atoms with van der Waals surface area (Å²) >= 11 is 0. The van der Waals surface area contributed by atoms with Gasteiger partial charge in [0.15, 0.2) is 0 Å². The number of ether oxygens (including phenoxy) is 2. The van der Waals surface area contributed by atoms with Gasteiger partial charge in [-0.25, -0.2) is 0 Å². The highest BCUT2D eigenvalue weighted by atomic mass is 31.2. The fourth-order valence-electron chi connectivity index (χ4n) is 5.63. The molecule has 1 saturated heterocycles. The second-order valence-corrected chi connectivity index (χ2v) is 14.9. The number of methoxy groups -OCH3 is 2. The lowest BCUT2D eigenvalue weighted by Crippen LogP contribution is -2.28. The van der Waals surface area contributed by atoms with Crippen LogP contribution in [0.1, 0.15) is 55.1 Å². The Morgan fingerprint density at radius 1 is 0.692 bits per heavy atom. The van der Waals surface area contributed by atoms with Gasteiger partial charge in [-0.1, -0.05) is 98.3 Å². The molecule has 5 heteroatoms. The zero-order valence-corrected chi connectivity index (χ0v) is 25.0. The smallest absolute Gasteiger partial charge is 0.119 e. The summed E-state index contributed by atoms with van der Waals surface area (Å²) < 4.78 is 14.4. The zero-order chi connectivity index (χ0) is 27.0. The Morgan fingerprint density at radius 3 is 1.62 bits per heavy atom. The van der Waals surface area contributed by atoms with Gasteiger partial charge in [0.2, 0.25) is 0 Å². The van der Waals surface area contributed by atoms with Crippen molar-refractivity contribution in [2.24, 2.45) is 0 Å². The van der Waals surface area contributed by atoms with Gasteiger partial charge in [0.25, 0.3) is 0 Å². The number of nitrogens with zero attached hydrogens (tertiary/aromatic N) is 1. The SMILES string of the molecule is CCCCN(P(c1cccc(OC)c1)c1cccc(OC)c1)P1[C@H](c2ccccc2)CC[C@H]1c1ccccc1. The number of hydrogen-bond acceptors (Lipinski definition) is 3. The summed E-state index contributed by atoms with van der Waals surface area (Å²) in [6, 6.07) is 40.0. The monoisotopic (exact) mass is 555 g/mol. The first-order chi connectivity index (χ1) is 19.2. The molecule has 1 fully saturated rings. The van der Waals surface area contributed by atoms with Gasteiger partial charge >= 0.3 is 0 Å². The van der Waals surface area contributed by atoms with Crippen LogP contribution in [0.4, 0.5) is 0 Å². The molecular weight excluding hydrogens is 516 g/mol. The van der Waals surface area contributed by atoms with Crippen LogP contribution >= 0.6 is 16.1 Å². The van der Waals surface area contributed by atoms with Crippen LogP contribution in [0.3, 0.4) is 0 Å². The molecule has 39 heavy (non-hydrogen) atoms. The van der Waals surface area contributed by atoms with Gasteiger partial charge in [-0.3, -0.25) is 4.44 Å². The molecule has 1 heterocycles. The second kappa shape index (κ2) is 13.6. The van der Waals surface area contributed by atoms with Crippen molar-refractivity contribution in [1.82, 2.24) is 4.44 Å². The first kappa shape index (κ1) is 27.9. The summed E-state index contributed by atoms with van der Waals surface area (Å²) in [6.07, 6.45) is 4.79. The van der Waals surface area contributed by atoms with Gasteiger partial charge in [0.1, 0.15) is 11.5 Å². The molecule has 1 aliphatic heterocycles. The molecule has 5 rings (SSSR count). The lowest BCUT2D eigenvalue weighted by atomic mass is 10.0. The van der Waals surface area contributed by atoms with E-state index in [0.717, 1.165) is 18.0 Å². The van der Waals surface area contributed by atoms with E-state index in [1.54, 1.807) is 14.2 Å². The minimum atomic E-state index is -0.813. The zero-order valence-electron chi connectivity index (χ0n) is 23.2. The van der Waals surface area contributed by atoms with E-state index in [0.29, 0.717) is 11.3 Å². The van der Waals surface area contributed by atoms with Crippen molar-refractivity contribution in [2.45, 2.75) is 43.9 Å². The van der Waals surface area contributed by atoms with Crippen molar-refractivity contribution in [3.63, 3.8) is 0 Å². The van der Waals surface area contributed by atoms with Gasteiger partial charge in [-0.2, -0.15) is 0 Å². The van der Waals surface area contributed by atoms with E-state index in [1.807, 2.05) is 0 Å². The minimum Gasteiger partial charge on any atom is -0.497 e. The van der Waals surface area contributed by atoms with Crippen LogP contribution in [-0.2, 0) is 0 Å². The van der Waals surface area contributed by atoms with Gasteiger partial charge in [0, 0.05) is 25.9 Å². The Bertz CT molecular complexity index is 1220. The van der Waals surface area contributed by atoms with E-state index in [-0.39, 0.29) is 0 Å². The predicted octanol–water partition coefficient (Wildman–Crippen LogP) is 8.83. The first-order valence-corrected chi connectivity index (χ1v) is 16.7. The van der Waals surface area contributed by atoms with Crippen LogP contribution in [0.15, 0.2) is 109 Å². The Balaban J connectivity index is 1.69. The number of rotatable bonds is 11. The maximum absolute atomic E-state index is 5.73. The average Bonchev–Trinajstić information content (AvgIpc) is 3.45. The van der Waals surface area contributed by atoms with E-state index >= 15 is 0 Å². The highest BCUT2D eigenvalue weighted by Gasteiger charge is 2.44. The van der Waals surface area contributed by atoms with Crippen molar-refractivity contribution in [2.75, 3.05) is 20.8 Å². The molecule has 0 radical (unpaired) electrons. The lowest BCUT2D eigenvalue weighted by Gasteiger charge is -2.42. The molecule has 4 aromatic rings. The Labute approximate surface area is 236 Å².